The molecule has 194 valence electrons. The first-order chi connectivity index (χ1) is 17.9. The van der Waals surface area contributed by atoms with E-state index in [1.165, 1.54) is 16.9 Å². The van der Waals surface area contributed by atoms with Gasteiger partial charge in [-0.1, -0.05) is 49.4 Å². The van der Waals surface area contributed by atoms with E-state index in [1.54, 1.807) is 24.5 Å². The molecular formula is C28H31N3O5S. The summed E-state index contributed by atoms with van der Waals surface area (Å²) in [5.74, 6) is 1.25. The molecule has 0 amide bonds. The molecule has 0 bridgehead atoms. The van der Waals surface area contributed by atoms with E-state index in [9.17, 15) is 9.59 Å². The average Bonchev–Trinajstić information content (AvgIpc) is 3.48. The lowest BCUT2D eigenvalue weighted by atomic mass is 9.93. The number of ether oxygens (including phenoxy) is 2. The first kappa shape index (κ1) is 25.2. The van der Waals surface area contributed by atoms with E-state index in [-0.39, 0.29) is 12.2 Å². The quantitative estimate of drug-likeness (QED) is 0.463. The number of morpholine rings is 1. The third-order valence-electron chi connectivity index (χ3n) is 6.64. The van der Waals surface area contributed by atoms with Gasteiger partial charge in [0.25, 0.3) is 5.56 Å². The van der Waals surface area contributed by atoms with E-state index in [0.29, 0.717) is 45.5 Å². The van der Waals surface area contributed by atoms with Crippen LogP contribution in [-0.4, -0.2) is 43.4 Å². The maximum atomic E-state index is 13.8. The van der Waals surface area contributed by atoms with E-state index >= 15 is 0 Å². The Morgan fingerprint density at radius 1 is 1.19 bits per heavy atom. The van der Waals surface area contributed by atoms with Crippen molar-refractivity contribution in [2.45, 2.75) is 39.7 Å². The summed E-state index contributed by atoms with van der Waals surface area (Å²) in [6, 6.07) is 11.2. The standard InChI is InChI=1S/C28H31N3O5S/c1-5-35-27(33)24-18(4)29-28-31(25(24)20-8-6-19(7-9-20)17(2)3)26(32)22(37-28)16-21-10-11-23(36-21)30-12-14-34-15-13-30/h6-11,16-17,25H,5,12-15H2,1-4H3/b22-16+. The second-order valence-electron chi connectivity index (χ2n) is 9.40. The molecule has 2 aromatic heterocycles. The number of hydrogen-bond acceptors (Lipinski definition) is 8. The largest absolute Gasteiger partial charge is 0.463 e. The number of furan rings is 1. The number of thiazole rings is 1. The topological polar surface area (TPSA) is 86.3 Å². The molecule has 0 aliphatic carbocycles. The van der Waals surface area contributed by atoms with Gasteiger partial charge >= 0.3 is 5.97 Å². The first-order valence-electron chi connectivity index (χ1n) is 12.6. The summed E-state index contributed by atoms with van der Waals surface area (Å²) >= 11 is 1.29. The molecule has 1 aromatic carbocycles. The van der Waals surface area contributed by atoms with Crippen LogP contribution in [0, 0.1) is 0 Å². The first-order valence-corrected chi connectivity index (χ1v) is 13.4. The van der Waals surface area contributed by atoms with Crippen LogP contribution in [0.15, 0.2) is 61.9 Å². The Kier molecular flexibility index (Phi) is 7.17. The number of hydrogen-bond donors (Lipinski definition) is 0. The van der Waals surface area contributed by atoms with Crippen molar-refractivity contribution in [3.8, 4) is 0 Å². The Morgan fingerprint density at radius 2 is 1.92 bits per heavy atom. The van der Waals surface area contributed by atoms with Crippen LogP contribution in [0.3, 0.4) is 0 Å². The highest BCUT2D eigenvalue weighted by molar-refractivity contribution is 7.07. The van der Waals surface area contributed by atoms with Gasteiger partial charge in [0.15, 0.2) is 10.7 Å². The highest BCUT2D eigenvalue weighted by Gasteiger charge is 2.33. The summed E-state index contributed by atoms with van der Waals surface area (Å²) in [4.78, 5) is 34.1. The maximum Gasteiger partial charge on any atom is 0.338 e. The number of carbonyl (C=O) groups excluding carboxylic acids is 1. The second kappa shape index (κ2) is 10.5. The van der Waals surface area contributed by atoms with E-state index in [4.69, 9.17) is 13.9 Å². The third-order valence-corrected chi connectivity index (χ3v) is 7.63. The highest BCUT2D eigenvalue weighted by Crippen LogP contribution is 2.31. The van der Waals surface area contributed by atoms with E-state index in [2.05, 4.69) is 23.7 Å². The summed E-state index contributed by atoms with van der Waals surface area (Å²) in [5.41, 5.74) is 2.73. The summed E-state index contributed by atoms with van der Waals surface area (Å²) < 4.78 is 18.9. The van der Waals surface area contributed by atoms with Crippen LogP contribution in [-0.2, 0) is 14.3 Å². The molecule has 0 radical (unpaired) electrons. The van der Waals surface area contributed by atoms with Crippen LogP contribution < -0.4 is 19.8 Å². The Morgan fingerprint density at radius 3 is 2.59 bits per heavy atom. The van der Waals surface area contributed by atoms with Crippen molar-refractivity contribution in [1.82, 2.24) is 4.57 Å². The Balaban J connectivity index is 1.60. The monoisotopic (exact) mass is 521 g/mol. The Bertz CT molecular complexity index is 1500. The van der Waals surface area contributed by atoms with Crippen molar-refractivity contribution >= 4 is 29.3 Å². The van der Waals surface area contributed by atoms with Gasteiger partial charge in [0, 0.05) is 25.2 Å². The van der Waals surface area contributed by atoms with Crippen LogP contribution in [0.4, 0.5) is 5.88 Å². The molecule has 1 atom stereocenters. The van der Waals surface area contributed by atoms with Crippen molar-refractivity contribution in [1.29, 1.82) is 0 Å². The van der Waals surface area contributed by atoms with E-state index in [1.807, 2.05) is 36.4 Å². The van der Waals surface area contributed by atoms with Crippen molar-refractivity contribution in [2.75, 3.05) is 37.8 Å². The molecule has 3 aromatic rings. The normalized spacial score (nSPS) is 18.2. The summed E-state index contributed by atoms with van der Waals surface area (Å²) in [7, 11) is 0. The maximum absolute atomic E-state index is 13.8. The molecule has 2 aliphatic heterocycles. The molecule has 2 aliphatic rings. The zero-order valence-corrected chi connectivity index (χ0v) is 22.3. The van der Waals surface area contributed by atoms with Gasteiger partial charge in [-0.25, -0.2) is 9.79 Å². The molecule has 1 unspecified atom stereocenters. The average molecular weight is 522 g/mol. The fourth-order valence-electron chi connectivity index (χ4n) is 4.67. The smallest absolute Gasteiger partial charge is 0.338 e. The SMILES string of the molecule is CCOC(=O)C1=C(C)N=c2s/c(=C/c3ccc(N4CCOCC4)o3)c(=O)n2C1c1ccc(C(C)C)cc1. The Labute approximate surface area is 219 Å². The zero-order valence-electron chi connectivity index (χ0n) is 21.5. The van der Waals surface area contributed by atoms with Gasteiger partial charge in [0.2, 0.25) is 0 Å². The lowest BCUT2D eigenvalue weighted by Gasteiger charge is -2.26. The number of fused-ring (bicyclic) bond motifs is 1. The third kappa shape index (κ3) is 4.93. The summed E-state index contributed by atoms with van der Waals surface area (Å²) in [6.07, 6.45) is 1.75. The summed E-state index contributed by atoms with van der Waals surface area (Å²) in [6.45, 7) is 10.9. The van der Waals surface area contributed by atoms with Crippen LogP contribution in [0.1, 0.15) is 56.5 Å². The molecule has 9 heteroatoms. The predicted octanol–water partition coefficient (Wildman–Crippen LogP) is 3.35. The second-order valence-corrected chi connectivity index (χ2v) is 10.4. The predicted molar refractivity (Wildman–Crippen MR) is 143 cm³/mol. The molecule has 0 N–H and O–H groups in total. The molecule has 37 heavy (non-hydrogen) atoms. The van der Waals surface area contributed by atoms with Crippen LogP contribution in [0.25, 0.3) is 6.08 Å². The molecule has 1 fully saturated rings. The number of carbonyl (C=O) groups is 1. The van der Waals surface area contributed by atoms with E-state index in [0.717, 1.165) is 24.5 Å². The van der Waals surface area contributed by atoms with Gasteiger partial charge in [-0.3, -0.25) is 9.36 Å². The lowest BCUT2D eigenvalue weighted by molar-refractivity contribution is -0.139. The van der Waals surface area contributed by atoms with Crippen LogP contribution in [0.5, 0.6) is 0 Å². The minimum Gasteiger partial charge on any atom is -0.463 e. The molecule has 5 rings (SSSR count). The van der Waals surface area contributed by atoms with Gasteiger partial charge in [-0.15, -0.1) is 0 Å². The number of rotatable bonds is 6. The molecule has 4 heterocycles. The summed E-state index contributed by atoms with van der Waals surface area (Å²) in [5, 5.41) is 0. The van der Waals surface area contributed by atoms with Crippen molar-refractivity contribution in [3.63, 3.8) is 0 Å². The minimum atomic E-state index is -0.626. The number of nitrogens with zero attached hydrogens (tertiary/aromatic N) is 3. The number of allylic oxidation sites excluding steroid dienone is 1. The van der Waals surface area contributed by atoms with Crippen molar-refractivity contribution in [2.24, 2.45) is 4.99 Å². The molecular weight excluding hydrogens is 490 g/mol. The zero-order chi connectivity index (χ0) is 26.1. The van der Waals surface area contributed by atoms with Crippen LogP contribution >= 0.6 is 11.3 Å². The lowest BCUT2D eigenvalue weighted by Crippen LogP contribution is -2.39. The van der Waals surface area contributed by atoms with Crippen molar-refractivity contribution in [3.05, 3.63) is 84.2 Å². The number of benzene rings is 1. The van der Waals surface area contributed by atoms with Gasteiger partial charge in [0.05, 0.1) is 41.7 Å². The van der Waals surface area contributed by atoms with Gasteiger partial charge in [-0.2, -0.15) is 0 Å². The highest BCUT2D eigenvalue weighted by atomic mass is 32.1. The number of anilines is 1. The molecule has 1 saturated heterocycles. The Hall–Kier alpha value is -3.43. The molecule has 0 spiro atoms. The fraction of sp³-hybridized carbons (Fsp3) is 0.393. The molecule has 0 saturated carbocycles. The number of aromatic nitrogens is 1. The minimum absolute atomic E-state index is 0.222. The molecule has 8 nitrogen and oxygen atoms in total. The van der Waals surface area contributed by atoms with Crippen molar-refractivity contribution < 1.29 is 18.7 Å². The fourth-order valence-corrected chi connectivity index (χ4v) is 5.70. The van der Waals surface area contributed by atoms with Gasteiger partial charge in [-0.05, 0) is 37.0 Å². The van der Waals surface area contributed by atoms with Gasteiger partial charge in [0.1, 0.15) is 5.76 Å². The van der Waals surface area contributed by atoms with E-state index < -0.39 is 12.0 Å². The van der Waals surface area contributed by atoms with Gasteiger partial charge < -0.3 is 18.8 Å². The van der Waals surface area contributed by atoms with Crippen LogP contribution in [0.2, 0.25) is 0 Å². The number of esters is 1.